The molecule has 0 aliphatic carbocycles. The molecule has 0 bridgehead atoms. The quantitative estimate of drug-likeness (QED) is 0.0321. The van der Waals surface area contributed by atoms with E-state index in [1.807, 2.05) is 0 Å². The fourth-order valence-corrected chi connectivity index (χ4v) is 8.64. The Morgan fingerprint density at radius 2 is 0.758 bits per heavy atom. The van der Waals surface area contributed by atoms with E-state index < -0.39 is 12.1 Å². The van der Waals surface area contributed by atoms with Crippen molar-refractivity contribution in [3.05, 3.63) is 48.6 Å². The SMILES string of the molecule is CCCCC/C=C\C/C=C\CCCCCCCCCC(=O)OCCCCC/C=C\C/C=C\CCCCCCCCCC(=O)NC(CO)C(O)CCCCCCCCCCCCCCCCC. The number of hydrogen-bond donors (Lipinski definition) is 3. The lowest BCUT2D eigenvalue weighted by Crippen LogP contribution is -2.45. The summed E-state index contributed by atoms with van der Waals surface area (Å²) in [4.78, 5) is 24.5. The fourth-order valence-electron chi connectivity index (χ4n) is 8.64. The van der Waals surface area contributed by atoms with Crippen molar-refractivity contribution in [2.24, 2.45) is 0 Å². The van der Waals surface area contributed by atoms with Crippen molar-refractivity contribution in [1.82, 2.24) is 5.32 Å². The van der Waals surface area contributed by atoms with Crippen LogP contribution < -0.4 is 5.32 Å². The van der Waals surface area contributed by atoms with Gasteiger partial charge in [0.25, 0.3) is 0 Å². The fraction of sp³-hybridized carbons (Fsp3) is 0.833. The van der Waals surface area contributed by atoms with E-state index >= 15 is 0 Å². The maximum Gasteiger partial charge on any atom is 0.305 e. The number of ether oxygens (including phenoxy) is 1. The summed E-state index contributed by atoms with van der Waals surface area (Å²) in [7, 11) is 0. The van der Waals surface area contributed by atoms with Crippen LogP contribution in [-0.4, -0.2) is 47.4 Å². The molecular weight excluding hydrogens is 815 g/mol. The first-order chi connectivity index (χ1) is 32.5. The molecule has 0 aromatic rings. The van der Waals surface area contributed by atoms with Crippen molar-refractivity contribution < 1.29 is 24.5 Å². The van der Waals surface area contributed by atoms with Crippen LogP contribution in [0.3, 0.4) is 0 Å². The zero-order chi connectivity index (χ0) is 47.9. The molecule has 0 rings (SSSR count). The Kier molecular flexibility index (Phi) is 53.6. The molecule has 6 nitrogen and oxygen atoms in total. The summed E-state index contributed by atoms with van der Waals surface area (Å²) in [6.07, 6.45) is 69.5. The van der Waals surface area contributed by atoms with Crippen LogP contribution in [0.15, 0.2) is 48.6 Å². The first-order valence-electron chi connectivity index (χ1n) is 28.9. The molecule has 1 amide bonds. The number of rotatable bonds is 53. The topological polar surface area (TPSA) is 95.9 Å². The normalized spacial score (nSPS) is 13.0. The number of carbonyl (C=O) groups excluding carboxylic acids is 2. The van der Waals surface area contributed by atoms with Gasteiger partial charge in [-0.3, -0.25) is 9.59 Å². The van der Waals surface area contributed by atoms with Gasteiger partial charge in [0, 0.05) is 12.8 Å². The van der Waals surface area contributed by atoms with Crippen LogP contribution in [0.2, 0.25) is 0 Å². The average Bonchev–Trinajstić information content (AvgIpc) is 3.32. The molecule has 0 saturated heterocycles. The van der Waals surface area contributed by atoms with Crippen LogP contribution in [0, 0.1) is 0 Å². The minimum atomic E-state index is -0.676. The van der Waals surface area contributed by atoms with Gasteiger partial charge in [-0.2, -0.15) is 0 Å². The molecule has 3 N–H and O–H groups in total. The Bertz CT molecular complexity index is 1110. The molecule has 2 atom stereocenters. The van der Waals surface area contributed by atoms with Crippen LogP contribution >= 0.6 is 0 Å². The molecule has 0 saturated carbocycles. The molecule has 0 aromatic carbocycles. The Balaban J connectivity index is 3.50. The zero-order valence-electron chi connectivity index (χ0n) is 43.9. The molecule has 2 unspecified atom stereocenters. The molecule has 6 heteroatoms. The van der Waals surface area contributed by atoms with E-state index in [2.05, 4.69) is 67.8 Å². The van der Waals surface area contributed by atoms with Gasteiger partial charge in [-0.25, -0.2) is 0 Å². The predicted octanol–water partition coefficient (Wildman–Crippen LogP) is 17.8. The molecule has 386 valence electrons. The third-order valence-electron chi connectivity index (χ3n) is 13.1. The third kappa shape index (κ3) is 51.2. The third-order valence-corrected chi connectivity index (χ3v) is 13.1. The van der Waals surface area contributed by atoms with Gasteiger partial charge in [0.05, 0.1) is 25.4 Å². The number of unbranched alkanes of at least 4 members (excludes halogenated alkanes) is 34. The number of aliphatic hydroxyl groups is 2. The highest BCUT2D eigenvalue weighted by Crippen LogP contribution is 2.16. The molecule has 0 spiro atoms. The van der Waals surface area contributed by atoms with Crippen molar-refractivity contribution in [3.8, 4) is 0 Å². The molecule has 0 fully saturated rings. The van der Waals surface area contributed by atoms with Crippen molar-refractivity contribution in [1.29, 1.82) is 0 Å². The summed E-state index contributed by atoms with van der Waals surface area (Å²) in [5.41, 5.74) is 0. The number of esters is 1. The van der Waals surface area contributed by atoms with Gasteiger partial charge in [0.1, 0.15) is 0 Å². The predicted molar refractivity (Wildman–Crippen MR) is 287 cm³/mol. The van der Waals surface area contributed by atoms with Crippen molar-refractivity contribution in [2.45, 2.75) is 309 Å². The Morgan fingerprint density at radius 3 is 1.18 bits per heavy atom. The number of aliphatic hydroxyl groups excluding tert-OH is 2. The Morgan fingerprint density at radius 1 is 0.424 bits per heavy atom. The summed E-state index contributed by atoms with van der Waals surface area (Å²) in [6.45, 7) is 4.88. The number of nitrogens with one attached hydrogen (secondary N) is 1. The lowest BCUT2D eigenvalue weighted by Gasteiger charge is -2.22. The van der Waals surface area contributed by atoms with Gasteiger partial charge < -0.3 is 20.3 Å². The highest BCUT2D eigenvalue weighted by Gasteiger charge is 2.20. The second-order valence-electron chi connectivity index (χ2n) is 19.6. The monoisotopic (exact) mass is 926 g/mol. The van der Waals surface area contributed by atoms with Crippen molar-refractivity contribution in [2.75, 3.05) is 13.2 Å². The highest BCUT2D eigenvalue weighted by atomic mass is 16.5. The molecule has 0 aromatic heterocycles. The second kappa shape index (κ2) is 55.4. The van der Waals surface area contributed by atoms with Gasteiger partial charge in [-0.15, -0.1) is 0 Å². The minimum absolute atomic E-state index is 0.0236. The summed E-state index contributed by atoms with van der Waals surface area (Å²) in [5, 5.41) is 23.3. The average molecular weight is 927 g/mol. The van der Waals surface area contributed by atoms with Crippen LogP contribution in [0.25, 0.3) is 0 Å². The van der Waals surface area contributed by atoms with Crippen LogP contribution in [-0.2, 0) is 14.3 Å². The summed E-state index contributed by atoms with van der Waals surface area (Å²) in [6, 6.07) is -0.555. The van der Waals surface area contributed by atoms with E-state index in [9.17, 15) is 19.8 Å². The van der Waals surface area contributed by atoms with E-state index in [4.69, 9.17) is 4.74 Å². The number of carbonyl (C=O) groups is 2. The van der Waals surface area contributed by atoms with E-state index in [1.54, 1.807) is 0 Å². The molecule has 66 heavy (non-hydrogen) atoms. The van der Waals surface area contributed by atoms with Crippen LogP contribution in [0.1, 0.15) is 296 Å². The smallest absolute Gasteiger partial charge is 0.305 e. The van der Waals surface area contributed by atoms with Gasteiger partial charge in [-0.05, 0) is 96.3 Å². The molecule has 0 aliphatic rings. The lowest BCUT2D eigenvalue weighted by molar-refractivity contribution is -0.143. The second-order valence-corrected chi connectivity index (χ2v) is 19.6. The summed E-state index contributed by atoms with van der Waals surface area (Å²) < 4.78 is 5.46. The number of amides is 1. The molecule has 0 radical (unpaired) electrons. The van der Waals surface area contributed by atoms with E-state index in [0.717, 1.165) is 89.9 Å². The van der Waals surface area contributed by atoms with Gasteiger partial charge in [0.2, 0.25) is 5.91 Å². The van der Waals surface area contributed by atoms with E-state index in [-0.39, 0.29) is 18.5 Å². The standard InChI is InChI=1S/C60H111NO5/c1-3-5-7-9-11-13-15-17-19-21-26-30-34-38-42-46-50-54-60(65)66-55-51-47-43-39-35-31-27-23-20-22-25-29-33-37-41-45-49-53-59(64)61-57(56-62)58(63)52-48-44-40-36-32-28-24-18-16-14-12-10-8-6-4-2/h11,13,17,19-20,23,31,35,57-58,62-63H,3-10,12,14-16,18,21-22,24-30,32-34,36-56H2,1-2H3,(H,61,64)/b13-11-,19-17-,23-20-,35-31-. The van der Waals surface area contributed by atoms with Crippen LogP contribution in [0.4, 0.5) is 0 Å². The summed E-state index contributed by atoms with van der Waals surface area (Å²) in [5.74, 6) is -0.0748. The van der Waals surface area contributed by atoms with Crippen LogP contribution in [0.5, 0.6) is 0 Å². The molecular formula is C60H111NO5. The van der Waals surface area contributed by atoms with Gasteiger partial charge in [-0.1, -0.05) is 236 Å². The molecule has 0 heterocycles. The lowest BCUT2D eigenvalue weighted by atomic mass is 10.0. The van der Waals surface area contributed by atoms with Gasteiger partial charge in [0.15, 0.2) is 0 Å². The first kappa shape index (κ1) is 63.8. The van der Waals surface area contributed by atoms with Gasteiger partial charge >= 0.3 is 5.97 Å². The van der Waals surface area contributed by atoms with E-state index in [0.29, 0.717) is 25.9 Å². The summed E-state index contributed by atoms with van der Waals surface area (Å²) >= 11 is 0. The molecule has 0 aliphatic heterocycles. The minimum Gasteiger partial charge on any atom is -0.466 e. The largest absolute Gasteiger partial charge is 0.466 e. The zero-order valence-corrected chi connectivity index (χ0v) is 43.9. The van der Waals surface area contributed by atoms with E-state index in [1.165, 1.54) is 173 Å². The van der Waals surface area contributed by atoms with Crippen molar-refractivity contribution >= 4 is 11.9 Å². The van der Waals surface area contributed by atoms with Crippen molar-refractivity contribution in [3.63, 3.8) is 0 Å². The maximum absolute atomic E-state index is 12.5. The Hall–Kier alpha value is -2.18. The highest BCUT2D eigenvalue weighted by molar-refractivity contribution is 5.76. The maximum atomic E-state index is 12.5. The number of allylic oxidation sites excluding steroid dienone is 8. The Labute approximate surface area is 410 Å². The number of hydrogen-bond acceptors (Lipinski definition) is 5. The first-order valence-corrected chi connectivity index (χ1v) is 28.9.